The van der Waals surface area contributed by atoms with Crippen LogP contribution in [0.2, 0.25) is 0 Å². The molecule has 0 aliphatic heterocycles. The molecule has 0 bridgehead atoms. The van der Waals surface area contributed by atoms with E-state index in [9.17, 15) is 13.6 Å². The number of anilines is 1. The van der Waals surface area contributed by atoms with Gasteiger partial charge in [-0.3, -0.25) is 4.79 Å². The molecule has 0 saturated heterocycles. The number of furan rings is 1. The van der Waals surface area contributed by atoms with Crippen LogP contribution in [0.15, 0.2) is 28.7 Å². The second kappa shape index (κ2) is 6.62. The van der Waals surface area contributed by atoms with Gasteiger partial charge in [0.1, 0.15) is 23.2 Å². The van der Waals surface area contributed by atoms with Crippen LogP contribution in [-0.2, 0) is 12.3 Å². The standard InChI is InChI=1S/C14H14F2N2O2S/c1-21-7-9-3-2-8(20-9)6-18-13-4-10(14(17)19)11(15)5-12(13)16/h2-5,18H,6-7H2,1H3,(H2,17,19). The van der Waals surface area contributed by atoms with Gasteiger partial charge in [0.25, 0.3) is 5.91 Å². The van der Waals surface area contributed by atoms with Gasteiger partial charge in [0.05, 0.1) is 23.5 Å². The zero-order valence-corrected chi connectivity index (χ0v) is 12.1. The van der Waals surface area contributed by atoms with E-state index in [-0.39, 0.29) is 17.8 Å². The summed E-state index contributed by atoms with van der Waals surface area (Å²) in [4.78, 5) is 11.0. The maximum atomic E-state index is 13.6. The fraction of sp³-hybridized carbons (Fsp3) is 0.214. The molecule has 112 valence electrons. The number of nitrogens with one attached hydrogen (secondary N) is 1. The molecule has 7 heteroatoms. The highest BCUT2D eigenvalue weighted by Gasteiger charge is 2.14. The fourth-order valence-corrected chi connectivity index (χ4v) is 2.23. The Morgan fingerprint density at radius 3 is 2.67 bits per heavy atom. The first kappa shape index (κ1) is 15.4. The van der Waals surface area contributed by atoms with E-state index >= 15 is 0 Å². The Bertz CT molecular complexity index is 658. The highest BCUT2D eigenvalue weighted by atomic mass is 32.2. The number of carbonyl (C=O) groups is 1. The van der Waals surface area contributed by atoms with E-state index in [0.717, 1.165) is 17.6 Å². The van der Waals surface area contributed by atoms with Crippen LogP contribution in [0.5, 0.6) is 0 Å². The smallest absolute Gasteiger partial charge is 0.251 e. The van der Waals surface area contributed by atoms with E-state index in [4.69, 9.17) is 10.2 Å². The van der Waals surface area contributed by atoms with Gasteiger partial charge < -0.3 is 15.5 Å². The summed E-state index contributed by atoms with van der Waals surface area (Å²) in [6.45, 7) is 0.217. The van der Waals surface area contributed by atoms with Crippen LogP contribution < -0.4 is 11.1 Å². The molecule has 0 aliphatic carbocycles. The lowest BCUT2D eigenvalue weighted by atomic mass is 10.1. The number of nitrogens with two attached hydrogens (primary N) is 1. The molecule has 1 amide bonds. The zero-order chi connectivity index (χ0) is 15.4. The molecule has 0 fully saturated rings. The van der Waals surface area contributed by atoms with Crippen LogP contribution >= 0.6 is 11.8 Å². The lowest BCUT2D eigenvalue weighted by molar-refractivity contribution is 0.0996. The summed E-state index contributed by atoms with van der Waals surface area (Å²) in [5.41, 5.74) is 4.66. The van der Waals surface area contributed by atoms with Crippen LogP contribution in [0.25, 0.3) is 0 Å². The van der Waals surface area contributed by atoms with Gasteiger partial charge in [-0.25, -0.2) is 8.78 Å². The van der Waals surface area contributed by atoms with Crippen molar-refractivity contribution in [3.63, 3.8) is 0 Å². The minimum atomic E-state index is -0.981. The topological polar surface area (TPSA) is 68.3 Å². The molecule has 2 aromatic rings. The normalized spacial score (nSPS) is 10.6. The SMILES string of the molecule is CSCc1ccc(CNc2cc(C(N)=O)c(F)cc2F)o1. The molecule has 21 heavy (non-hydrogen) atoms. The Kier molecular flexibility index (Phi) is 4.85. The Hall–Kier alpha value is -2.02. The maximum absolute atomic E-state index is 13.6. The lowest BCUT2D eigenvalue weighted by Crippen LogP contribution is -2.14. The number of benzene rings is 1. The van der Waals surface area contributed by atoms with Crippen molar-refractivity contribution < 1.29 is 18.0 Å². The van der Waals surface area contributed by atoms with Crippen molar-refractivity contribution in [1.82, 2.24) is 0 Å². The van der Waals surface area contributed by atoms with Gasteiger partial charge in [0.2, 0.25) is 0 Å². The van der Waals surface area contributed by atoms with E-state index in [0.29, 0.717) is 11.8 Å². The second-order valence-electron chi connectivity index (χ2n) is 4.33. The number of rotatable bonds is 6. The first-order chi connectivity index (χ1) is 10.0. The molecule has 3 N–H and O–H groups in total. The number of thioether (sulfide) groups is 1. The van der Waals surface area contributed by atoms with E-state index in [1.165, 1.54) is 0 Å². The van der Waals surface area contributed by atoms with Gasteiger partial charge in [-0.05, 0) is 24.5 Å². The molecule has 2 rings (SSSR count). The molecule has 1 aromatic heterocycles. The van der Waals surface area contributed by atoms with Crippen molar-refractivity contribution in [3.8, 4) is 0 Å². The molecule has 0 saturated carbocycles. The molecular weight excluding hydrogens is 298 g/mol. The summed E-state index contributed by atoms with van der Waals surface area (Å²) in [7, 11) is 0. The average molecular weight is 312 g/mol. The third-order valence-corrected chi connectivity index (χ3v) is 3.35. The summed E-state index contributed by atoms with van der Waals surface area (Å²) in [6.07, 6.45) is 1.96. The van der Waals surface area contributed by atoms with Crippen molar-refractivity contribution >= 4 is 23.4 Å². The van der Waals surface area contributed by atoms with Crippen molar-refractivity contribution in [2.24, 2.45) is 5.73 Å². The van der Waals surface area contributed by atoms with Crippen molar-refractivity contribution in [2.45, 2.75) is 12.3 Å². The first-order valence-corrected chi connectivity index (χ1v) is 7.50. The lowest BCUT2D eigenvalue weighted by Gasteiger charge is -2.08. The van der Waals surface area contributed by atoms with Crippen LogP contribution in [0.3, 0.4) is 0 Å². The average Bonchev–Trinajstić information content (AvgIpc) is 2.85. The number of amides is 1. The van der Waals surface area contributed by atoms with Crippen molar-refractivity contribution in [2.75, 3.05) is 11.6 Å². The molecule has 4 nitrogen and oxygen atoms in total. The Morgan fingerprint density at radius 2 is 2.00 bits per heavy atom. The predicted octanol–water partition coefficient (Wildman–Crippen LogP) is 3.13. The van der Waals surface area contributed by atoms with E-state index in [1.807, 2.05) is 12.3 Å². The zero-order valence-electron chi connectivity index (χ0n) is 11.3. The maximum Gasteiger partial charge on any atom is 0.251 e. The highest BCUT2D eigenvalue weighted by Crippen LogP contribution is 2.21. The van der Waals surface area contributed by atoms with Crippen LogP contribution in [0.4, 0.5) is 14.5 Å². The number of primary amides is 1. The minimum Gasteiger partial charge on any atom is -0.463 e. The van der Waals surface area contributed by atoms with Crippen molar-refractivity contribution in [3.05, 3.63) is 53.0 Å². The van der Waals surface area contributed by atoms with Crippen LogP contribution in [0, 0.1) is 11.6 Å². The summed E-state index contributed by atoms with van der Waals surface area (Å²) < 4.78 is 32.5. The number of carbonyl (C=O) groups excluding carboxylic acids is 1. The largest absolute Gasteiger partial charge is 0.463 e. The summed E-state index contributed by atoms with van der Waals surface area (Å²) >= 11 is 1.62. The molecule has 1 heterocycles. The van der Waals surface area contributed by atoms with Crippen molar-refractivity contribution in [1.29, 1.82) is 0 Å². The number of hydrogen-bond donors (Lipinski definition) is 2. The summed E-state index contributed by atoms with van der Waals surface area (Å²) in [5.74, 6) is -0.549. The Labute approximate surface area is 124 Å². The van der Waals surface area contributed by atoms with Crippen LogP contribution in [0.1, 0.15) is 21.9 Å². The van der Waals surface area contributed by atoms with Gasteiger partial charge in [0, 0.05) is 6.07 Å². The quantitative estimate of drug-likeness (QED) is 0.860. The molecule has 0 unspecified atom stereocenters. The molecule has 0 atom stereocenters. The molecule has 0 radical (unpaired) electrons. The van der Waals surface area contributed by atoms with E-state index < -0.39 is 17.5 Å². The van der Waals surface area contributed by atoms with Gasteiger partial charge in [-0.1, -0.05) is 0 Å². The third kappa shape index (κ3) is 3.75. The van der Waals surface area contributed by atoms with Gasteiger partial charge in [-0.2, -0.15) is 11.8 Å². The second-order valence-corrected chi connectivity index (χ2v) is 5.20. The van der Waals surface area contributed by atoms with E-state index in [1.54, 1.807) is 17.8 Å². The van der Waals surface area contributed by atoms with E-state index in [2.05, 4.69) is 5.32 Å². The number of hydrogen-bond acceptors (Lipinski definition) is 4. The van der Waals surface area contributed by atoms with Crippen LogP contribution in [-0.4, -0.2) is 12.2 Å². The van der Waals surface area contributed by atoms with Gasteiger partial charge >= 0.3 is 0 Å². The van der Waals surface area contributed by atoms with Gasteiger partial charge in [0.15, 0.2) is 0 Å². The summed E-state index contributed by atoms with van der Waals surface area (Å²) in [5, 5.41) is 2.76. The monoisotopic (exact) mass is 312 g/mol. The molecule has 1 aromatic carbocycles. The Balaban J connectivity index is 2.11. The molecule has 0 aliphatic rings. The molecular formula is C14H14F2N2O2S. The van der Waals surface area contributed by atoms with Gasteiger partial charge in [-0.15, -0.1) is 0 Å². The minimum absolute atomic E-state index is 0.00647. The highest BCUT2D eigenvalue weighted by molar-refractivity contribution is 7.97. The fourth-order valence-electron chi connectivity index (χ4n) is 1.79. The third-order valence-electron chi connectivity index (χ3n) is 2.78. The number of halogens is 2. The molecule has 0 spiro atoms. The summed E-state index contributed by atoms with van der Waals surface area (Å²) in [6, 6.07) is 5.29. The predicted molar refractivity (Wildman–Crippen MR) is 78.1 cm³/mol. The Morgan fingerprint density at radius 1 is 1.29 bits per heavy atom. The first-order valence-electron chi connectivity index (χ1n) is 6.10.